The van der Waals surface area contributed by atoms with Gasteiger partial charge in [-0.25, -0.2) is 27.6 Å². The van der Waals surface area contributed by atoms with Gasteiger partial charge in [0.2, 0.25) is 0 Å². The van der Waals surface area contributed by atoms with Gasteiger partial charge in [0, 0.05) is 13.1 Å². The second kappa shape index (κ2) is 8.50. The molecular weight excluding hydrogens is 484 g/mol. The number of carboxylic acids is 1. The van der Waals surface area contributed by atoms with Crippen LogP contribution < -0.4 is 14.7 Å². The Bertz CT molecular complexity index is 1600. The summed E-state index contributed by atoms with van der Waals surface area (Å²) in [5.74, 6) is -1.31. The summed E-state index contributed by atoms with van der Waals surface area (Å²) in [6.45, 7) is 1.62. The molecule has 0 spiro atoms. The number of nitrogens with zero attached hydrogens (tertiary/aromatic N) is 3. The SMILES string of the molecule is COc1cc(Cl)c(-n2c(=O)[nH]c3c(C)cc(C(=O)O)nc32)cc1S(=O)(=O)N(C)c1ccccc1. The zero-order valence-corrected chi connectivity index (χ0v) is 19.8. The first-order valence-corrected chi connectivity index (χ1v) is 11.7. The minimum atomic E-state index is -4.15. The number of nitrogens with one attached hydrogen (secondary N) is 1. The van der Waals surface area contributed by atoms with Crippen molar-refractivity contribution in [1.29, 1.82) is 0 Å². The fourth-order valence-corrected chi connectivity index (χ4v) is 5.13. The summed E-state index contributed by atoms with van der Waals surface area (Å²) in [4.78, 5) is 30.8. The lowest BCUT2D eigenvalue weighted by molar-refractivity contribution is 0.0690. The van der Waals surface area contributed by atoms with Gasteiger partial charge in [-0.1, -0.05) is 29.8 Å². The highest BCUT2D eigenvalue weighted by Gasteiger charge is 2.28. The van der Waals surface area contributed by atoms with Crippen LogP contribution in [-0.2, 0) is 10.0 Å². The highest BCUT2D eigenvalue weighted by Crippen LogP contribution is 2.35. The minimum absolute atomic E-state index is 0.00125. The molecule has 2 heterocycles. The average molecular weight is 503 g/mol. The number of aryl methyl sites for hydroxylation is 1. The molecule has 12 heteroatoms. The second-order valence-electron chi connectivity index (χ2n) is 7.36. The molecule has 0 saturated carbocycles. The Morgan fingerprint density at radius 2 is 1.88 bits per heavy atom. The number of para-hydroxylation sites is 1. The highest BCUT2D eigenvalue weighted by atomic mass is 35.5. The van der Waals surface area contributed by atoms with Crippen LogP contribution in [0.15, 0.2) is 58.2 Å². The van der Waals surface area contributed by atoms with Gasteiger partial charge in [-0.3, -0.25) is 4.31 Å². The lowest BCUT2D eigenvalue weighted by Gasteiger charge is -2.21. The third-order valence-corrected chi connectivity index (χ3v) is 7.41. The van der Waals surface area contributed by atoms with Crippen molar-refractivity contribution in [1.82, 2.24) is 14.5 Å². The van der Waals surface area contributed by atoms with E-state index in [9.17, 15) is 23.1 Å². The number of anilines is 1. The number of aromatic nitrogens is 3. The van der Waals surface area contributed by atoms with Crippen molar-refractivity contribution in [2.24, 2.45) is 0 Å². The van der Waals surface area contributed by atoms with E-state index in [4.69, 9.17) is 16.3 Å². The largest absolute Gasteiger partial charge is 0.495 e. The van der Waals surface area contributed by atoms with Crippen molar-refractivity contribution < 1.29 is 23.1 Å². The predicted octanol–water partition coefficient (Wildman–Crippen LogP) is 3.21. The highest BCUT2D eigenvalue weighted by molar-refractivity contribution is 7.93. The van der Waals surface area contributed by atoms with Gasteiger partial charge >= 0.3 is 11.7 Å². The lowest BCUT2D eigenvalue weighted by atomic mass is 10.2. The van der Waals surface area contributed by atoms with Crippen LogP contribution in [-0.4, -0.2) is 48.2 Å². The van der Waals surface area contributed by atoms with Crippen LogP contribution in [0.4, 0.5) is 5.69 Å². The Balaban J connectivity index is 2.00. The van der Waals surface area contributed by atoms with Gasteiger partial charge in [-0.15, -0.1) is 0 Å². The van der Waals surface area contributed by atoms with Gasteiger partial charge in [0.25, 0.3) is 10.0 Å². The van der Waals surface area contributed by atoms with Crippen LogP contribution in [0.2, 0.25) is 5.02 Å². The zero-order chi connectivity index (χ0) is 24.8. The summed E-state index contributed by atoms with van der Waals surface area (Å²) in [6, 6.07) is 12.2. The number of imidazole rings is 1. The van der Waals surface area contributed by atoms with E-state index in [-0.39, 0.29) is 32.7 Å². The molecule has 0 aliphatic heterocycles. The summed E-state index contributed by atoms with van der Waals surface area (Å²) in [6.07, 6.45) is 0. The number of carboxylic acid groups (broad SMARTS) is 1. The Hall–Kier alpha value is -3.83. The molecule has 2 aromatic heterocycles. The molecule has 0 amide bonds. The lowest BCUT2D eigenvalue weighted by Crippen LogP contribution is -2.27. The molecule has 4 aromatic rings. The van der Waals surface area contributed by atoms with E-state index in [1.165, 1.54) is 32.4 Å². The van der Waals surface area contributed by atoms with E-state index < -0.39 is 21.7 Å². The summed E-state index contributed by atoms with van der Waals surface area (Å²) in [5, 5.41) is 9.39. The first kappa shape index (κ1) is 23.3. The molecule has 0 fully saturated rings. The Morgan fingerprint density at radius 3 is 2.50 bits per heavy atom. The van der Waals surface area contributed by atoms with Gasteiger partial charge in [0.15, 0.2) is 11.3 Å². The molecule has 34 heavy (non-hydrogen) atoms. The maximum absolute atomic E-state index is 13.5. The molecule has 0 saturated heterocycles. The molecule has 0 bridgehead atoms. The molecular formula is C22H19ClN4O6S. The molecule has 176 valence electrons. The fourth-order valence-electron chi connectivity index (χ4n) is 3.55. The van der Waals surface area contributed by atoms with E-state index in [0.717, 1.165) is 8.87 Å². The van der Waals surface area contributed by atoms with Crippen LogP contribution in [0.3, 0.4) is 0 Å². The maximum Gasteiger partial charge on any atom is 0.354 e. The number of aromatic amines is 1. The minimum Gasteiger partial charge on any atom is -0.495 e. The number of H-pyrrole nitrogens is 1. The maximum atomic E-state index is 13.5. The number of benzene rings is 2. The van der Waals surface area contributed by atoms with Crippen LogP contribution >= 0.6 is 11.6 Å². The predicted molar refractivity (Wildman–Crippen MR) is 127 cm³/mol. The number of hydrogen-bond acceptors (Lipinski definition) is 6. The molecule has 0 aliphatic rings. The third kappa shape index (κ3) is 3.78. The number of carbonyl (C=O) groups is 1. The van der Waals surface area contributed by atoms with Crippen molar-refractivity contribution in [3.8, 4) is 11.4 Å². The molecule has 0 radical (unpaired) electrons. The average Bonchev–Trinajstić information content (AvgIpc) is 3.15. The number of aromatic carboxylic acids is 1. The molecule has 10 nitrogen and oxygen atoms in total. The second-order valence-corrected chi connectivity index (χ2v) is 9.70. The van der Waals surface area contributed by atoms with E-state index >= 15 is 0 Å². The van der Waals surface area contributed by atoms with Crippen molar-refractivity contribution in [3.05, 3.63) is 75.3 Å². The summed E-state index contributed by atoms with van der Waals surface area (Å²) in [5.41, 5.74) is 0.224. The van der Waals surface area contributed by atoms with Gasteiger partial charge in [0.05, 0.1) is 29.0 Å². The van der Waals surface area contributed by atoms with Gasteiger partial charge < -0.3 is 14.8 Å². The number of hydrogen-bond donors (Lipinski definition) is 2. The van der Waals surface area contributed by atoms with Gasteiger partial charge in [-0.05, 0) is 36.8 Å². The first-order chi connectivity index (χ1) is 16.1. The van der Waals surface area contributed by atoms with Crippen LogP contribution in [0.1, 0.15) is 16.1 Å². The van der Waals surface area contributed by atoms with Crippen molar-refractivity contribution in [3.63, 3.8) is 0 Å². The van der Waals surface area contributed by atoms with E-state index in [0.29, 0.717) is 16.8 Å². The topological polar surface area (TPSA) is 135 Å². The third-order valence-electron chi connectivity index (χ3n) is 5.30. The quantitative estimate of drug-likeness (QED) is 0.413. The molecule has 0 aliphatic carbocycles. The van der Waals surface area contributed by atoms with E-state index in [1.807, 2.05) is 0 Å². The summed E-state index contributed by atoms with van der Waals surface area (Å²) < 4.78 is 34.4. The number of pyridine rings is 1. The number of halogens is 1. The van der Waals surface area contributed by atoms with Crippen molar-refractivity contribution in [2.45, 2.75) is 11.8 Å². The Labute approximate surface area is 199 Å². The fraction of sp³-hybridized carbons (Fsp3) is 0.136. The monoisotopic (exact) mass is 502 g/mol. The van der Waals surface area contributed by atoms with E-state index in [2.05, 4.69) is 9.97 Å². The van der Waals surface area contributed by atoms with Crippen LogP contribution in [0, 0.1) is 6.92 Å². The number of ether oxygens (including phenoxy) is 1. The number of sulfonamides is 1. The molecule has 4 rings (SSSR count). The van der Waals surface area contributed by atoms with Gasteiger partial charge in [-0.2, -0.15) is 0 Å². The van der Waals surface area contributed by atoms with Crippen molar-refractivity contribution in [2.75, 3.05) is 18.5 Å². The van der Waals surface area contributed by atoms with E-state index in [1.54, 1.807) is 37.3 Å². The smallest absolute Gasteiger partial charge is 0.354 e. The molecule has 0 atom stereocenters. The van der Waals surface area contributed by atoms with Gasteiger partial charge in [0.1, 0.15) is 10.6 Å². The van der Waals surface area contributed by atoms with Crippen molar-refractivity contribution >= 4 is 44.4 Å². The summed E-state index contributed by atoms with van der Waals surface area (Å²) >= 11 is 6.43. The molecule has 2 N–H and O–H groups in total. The number of rotatable bonds is 6. The standard InChI is InChI=1S/C22H19ClN4O6S/c1-12-9-15(21(28)29)24-20-19(12)25-22(30)27(20)16-11-18(17(33-3)10-14(16)23)34(31,32)26(2)13-7-5-4-6-8-13/h4-11H,1-3H3,(H,25,30)(H,28,29). The zero-order valence-electron chi connectivity index (χ0n) is 18.2. The Kier molecular flexibility index (Phi) is 5.84. The number of fused-ring (bicyclic) bond motifs is 1. The molecule has 2 aromatic carbocycles. The summed E-state index contributed by atoms with van der Waals surface area (Å²) in [7, 11) is -1.46. The Morgan fingerprint density at radius 1 is 1.21 bits per heavy atom. The normalized spacial score (nSPS) is 11.5. The van der Waals surface area contributed by atoms with Crippen LogP contribution in [0.5, 0.6) is 5.75 Å². The molecule has 0 unspecified atom stereocenters. The first-order valence-electron chi connectivity index (χ1n) is 9.83. The number of methoxy groups -OCH3 is 1. The van der Waals surface area contributed by atoms with Crippen LogP contribution in [0.25, 0.3) is 16.9 Å².